The van der Waals surface area contributed by atoms with Gasteiger partial charge in [0.1, 0.15) is 0 Å². The van der Waals surface area contributed by atoms with Crippen LogP contribution in [-0.2, 0) is 0 Å². The molecule has 0 bridgehead atoms. The minimum atomic E-state index is -0.225. The van der Waals surface area contributed by atoms with Gasteiger partial charge in [0.15, 0.2) is 0 Å². The maximum atomic E-state index is 9.72. The van der Waals surface area contributed by atoms with Gasteiger partial charge in [-0.25, -0.2) is 0 Å². The van der Waals surface area contributed by atoms with Crippen molar-refractivity contribution in [2.24, 2.45) is 5.41 Å². The lowest BCUT2D eigenvalue weighted by atomic mass is 9.80. The molecule has 1 aliphatic rings. The minimum absolute atomic E-state index is 0.115. The molecule has 0 aromatic rings. The van der Waals surface area contributed by atoms with Crippen molar-refractivity contribution in [3.63, 3.8) is 0 Å². The van der Waals surface area contributed by atoms with Crippen LogP contribution in [0.5, 0.6) is 0 Å². The Hall–Kier alpha value is -0.120. The third kappa shape index (κ3) is 5.36. The van der Waals surface area contributed by atoms with Gasteiger partial charge in [0.05, 0.1) is 6.10 Å². The molecule has 0 saturated heterocycles. The standard InChI is InChI=1S/C14H29NO2/c1-13(17)7-10-15(2)11-14(12-16)8-5-3-4-6-9-14/h13,16-17H,3-12H2,1-2H3. The van der Waals surface area contributed by atoms with Crippen LogP contribution in [0.4, 0.5) is 0 Å². The van der Waals surface area contributed by atoms with E-state index in [9.17, 15) is 10.2 Å². The fraction of sp³-hybridized carbons (Fsp3) is 1.00. The predicted octanol–water partition coefficient (Wildman–Crippen LogP) is 2.02. The van der Waals surface area contributed by atoms with Crippen LogP contribution in [0, 0.1) is 5.41 Å². The Labute approximate surface area is 106 Å². The first kappa shape index (κ1) is 14.9. The molecule has 0 amide bonds. The monoisotopic (exact) mass is 243 g/mol. The van der Waals surface area contributed by atoms with E-state index in [0.717, 1.165) is 32.4 Å². The van der Waals surface area contributed by atoms with Gasteiger partial charge < -0.3 is 15.1 Å². The smallest absolute Gasteiger partial charge is 0.0524 e. The molecule has 0 aromatic carbocycles. The van der Waals surface area contributed by atoms with Crippen LogP contribution in [0.1, 0.15) is 51.9 Å². The van der Waals surface area contributed by atoms with Crippen LogP contribution in [0.2, 0.25) is 0 Å². The molecule has 1 saturated carbocycles. The Bertz CT molecular complexity index is 198. The predicted molar refractivity (Wildman–Crippen MR) is 71.0 cm³/mol. The summed E-state index contributed by atoms with van der Waals surface area (Å²) in [6.45, 7) is 4.03. The zero-order valence-electron chi connectivity index (χ0n) is 11.5. The van der Waals surface area contributed by atoms with E-state index in [2.05, 4.69) is 11.9 Å². The van der Waals surface area contributed by atoms with Crippen molar-refractivity contribution < 1.29 is 10.2 Å². The average molecular weight is 243 g/mol. The molecule has 0 aliphatic heterocycles. The third-order valence-electron chi connectivity index (χ3n) is 4.03. The summed E-state index contributed by atoms with van der Waals surface area (Å²) in [6.07, 6.45) is 8.05. The molecule has 3 nitrogen and oxygen atoms in total. The van der Waals surface area contributed by atoms with Gasteiger partial charge in [-0.05, 0) is 33.2 Å². The highest BCUT2D eigenvalue weighted by atomic mass is 16.3. The number of aliphatic hydroxyl groups excluding tert-OH is 2. The van der Waals surface area contributed by atoms with Gasteiger partial charge in [0.25, 0.3) is 0 Å². The van der Waals surface area contributed by atoms with Crippen molar-refractivity contribution in [2.75, 3.05) is 26.7 Å². The number of hydrogen-bond acceptors (Lipinski definition) is 3. The second-order valence-corrected chi connectivity index (χ2v) is 5.95. The molecule has 1 rings (SSSR count). The Morgan fingerprint density at radius 3 is 2.24 bits per heavy atom. The summed E-state index contributed by atoms with van der Waals surface area (Å²) in [4.78, 5) is 2.27. The number of nitrogens with zero attached hydrogens (tertiary/aromatic N) is 1. The number of hydrogen-bond donors (Lipinski definition) is 2. The molecule has 0 radical (unpaired) electrons. The SMILES string of the molecule is CC(O)CCN(C)CC1(CO)CCCCCC1. The highest BCUT2D eigenvalue weighted by molar-refractivity contribution is 4.83. The van der Waals surface area contributed by atoms with E-state index in [1.807, 2.05) is 6.92 Å². The van der Waals surface area contributed by atoms with Crippen molar-refractivity contribution in [3.8, 4) is 0 Å². The maximum absolute atomic E-state index is 9.72. The highest BCUT2D eigenvalue weighted by Gasteiger charge is 2.31. The Morgan fingerprint density at radius 2 is 1.76 bits per heavy atom. The summed E-state index contributed by atoms with van der Waals surface area (Å²) in [5.41, 5.74) is 0.115. The van der Waals surface area contributed by atoms with E-state index in [-0.39, 0.29) is 11.5 Å². The average Bonchev–Trinajstić information content (AvgIpc) is 2.53. The second-order valence-electron chi connectivity index (χ2n) is 5.95. The molecule has 1 fully saturated rings. The van der Waals surface area contributed by atoms with Crippen LogP contribution in [0.3, 0.4) is 0 Å². The van der Waals surface area contributed by atoms with Crippen LogP contribution >= 0.6 is 0 Å². The summed E-state index contributed by atoms with van der Waals surface area (Å²) < 4.78 is 0. The van der Waals surface area contributed by atoms with E-state index in [0.29, 0.717) is 6.61 Å². The topological polar surface area (TPSA) is 43.7 Å². The molecule has 0 aromatic heterocycles. The summed E-state index contributed by atoms with van der Waals surface area (Å²) in [6, 6.07) is 0. The molecule has 17 heavy (non-hydrogen) atoms. The summed E-state index contributed by atoms with van der Waals surface area (Å²) in [7, 11) is 2.10. The van der Waals surface area contributed by atoms with Crippen LogP contribution < -0.4 is 0 Å². The van der Waals surface area contributed by atoms with Gasteiger partial charge in [-0.2, -0.15) is 0 Å². The first-order valence-electron chi connectivity index (χ1n) is 7.05. The van der Waals surface area contributed by atoms with Crippen LogP contribution in [-0.4, -0.2) is 48.0 Å². The van der Waals surface area contributed by atoms with E-state index in [1.165, 1.54) is 25.7 Å². The van der Waals surface area contributed by atoms with Crippen molar-refractivity contribution in [1.29, 1.82) is 0 Å². The Balaban J connectivity index is 2.43. The van der Waals surface area contributed by atoms with Gasteiger partial charge >= 0.3 is 0 Å². The molecule has 0 spiro atoms. The first-order chi connectivity index (χ1) is 8.08. The van der Waals surface area contributed by atoms with Crippen molar-refractivity contribution >= 4 is 0 Å². The van der Waals surface area contributed by atoms with Crippen molar-refractivity contribution in [1.82, 2.24) is 4.90 Å². The normalized spacial score (nSPS) is 22.4. The third-order valence-corrected chi connectivity index (χ3v) is 4.03. The zero-order valence-corrected chi connectivity index (χ0v) is 11.5. The second kappa shape index (κ2) is 7.34. The maximum Gasteiger partial charge on any atom is 0.0524 e. The fourth-order valence-electron chi connectivity index (χ4n) is 2.90. The number of aliphatic hydroxyl groups is 2. The lowest BCUT2D eigenvalue weighted by Crippen LogP contribution is -2.39. The van der Waals surface area contributed by atoms with Crippen molar-refractivity contribution in [3.05, 3.63) is 0 Å². The molecule has 102 valence electrons. The molecule has 2 N–H and O–H groups in total. The molecule has 3 heteroatoms. The van der Waals surface area contributed by atoms with E-state index in [4.69, 9.17) is 0 Å². The molecule has 1 atom stereocenters. The van der Waals surface area contributed by atoms with Crippen LogP contribution in [0.15, 0.2) is 0 Å². The summed E-state index contributed by atoms with van der Waals surface area (Å²) in [5, 5.41) is 19.0. The van der Waals surface area contributed by atoms with E-state index >= 15 is 0 Å². The molecular weight excluding hydrogens is 214 g/mol. The quantitative estimate of drug-likeness (QED) is 0.702. The largest absolute Gasteiger partial charge is 0.396 e. The van der Waals surface area contributed by atoms with E-state index < -0.39 is 0 Å². The highest BCUT2D eigenvalue weighted by Crippen LogP contribution is 2.35. The molecule has 0 heterocycles. The van der Waals surface area contributed by atoms with Gasteiger partial charge in [0, 0.05) is 25.1 Å². The fourth-order valence-corrected chi connectivity index (χ4v) is 2.90. The van der Waals surface area contributed by atoms with Crippen LogP contribution in [0.25, 0.3) is 0 Å². The summed E-state index contributed by atoms with van der Waals surface area (Å²) >= 11 is 0. The first-order valence-corrected chi connectivity index (χ1v) is 7.05. The van der Waals surface area contributed by atoms with Gasteiger partial charge in [0.2, 0.25) is 0 Å². The zero-order chi connectivity index (χ0) is 12.7. The summed E-state index contributed by atoms with van der Waals surface area (Å²) in [5.74, 6) is 0. The van der Waals surface area contributed by atoms with E-state index in [1.54, 1.807) is 0 Å². The molecule has 1 unspecified atom stereocenters. The van der Waals surface area contributed by atoms with Crippen molar-refractivity contribution in [2.45, 2.75) is 58.0 Å². The lowest BCUT2D eigenvalue weighted by Gasteiger charge is -2.35. The Morgan fingerprint density at radius 1 is 1.18 bits per heavy atom. The minimum Gasteiger partial charge on any atom is -0.396 e. The lowest BCUT2D eigenvalue weighted by molar-refractivity contribution is 0.0629. The molecular formula is C14H29NO2. The van der Waals surface area contributed by atoms with Gasteiger partial charge in [-0.1, -0.05) is 25.7 Å². The molecule has 1 aliphatic carbocycles. The van der Waals surface area contributed by atoms with Gasteiger partial charge in [-0.15, -0.1) is 0 Å². The van der Waals surface area contributed by atoms with Gasteiger partial charge in [-0.3, -0.25) is 0 Å². The Kier molecular flexibility index (Phi) is 6.45. The number of rotatable bonds is 6.